The Bertz CT molecular complexity index is 1200. The second-order valence-electron chi connectivity index (χ2n) is 5.91. The molecule has 3 heterocycles. The highest BCUT2D eigenvalue weighted by Crippen LogP contribution is 2.33. The van der Waals surface area contributed by atoms with Crippen molar-refractivity contribution >= 4 is 28.6 Å². The fraction of sp³-hybridized carbons (Fsp3) is 0.111. The fourth-order valence-corrected chi connectivity index (χ4v) is 3.29. The average molecular weight is 419 g/mol. The number of halogens is 3. The number of alkyl halides is 3. The molecule has 0 radical (unpaired) electrons. The van der Waals surface area contributed by atoms with Crippen LogP contribution < -0.4 is 10.1 Å². The minimum atomic E-state index is -4.83. The maximum atomic E-state index is 12.7. The molecule has 0 saturated carbocycles. The van der Waals surface area contributed by atoms with Crippen LogP contribution in [0.1, 0.15) is 14.7 Å². The van der Waals surface area contributed by atoms with Gasteiger partial charge in [0.1, 0.15) is 11.4 Å². The van der Waals surface area contributed by atoms with Crippen molar-refractivity contribution in [1.29, 1.82) is 0 Å². The number of fused-ring (bicyclic) bond motifs is 1. The van der Waals surface area contributed by atoms with E-state index in [0.29, 0.717) is 5.69 Å². The molecule has 7 nitrogen and oxygen atoms in total. The van der Waals surface area contributed by atoms with Gasteiger partial charge in [-0.25, -0.2) is 14.5 Å². The number of hydrogen-bond acceptors (Lipinski definition) is 6. The van der Waals surface area contributed by atoms with Crippen LogP contribution in [-0.4, -0.2) is 31.9 Å². The van der Waals surface area contributed by atoms with E-state index in [9.17, 15) is 18.0 Å². The number of nitrogens with zero attached hydrogens (tertiary/aromatic N) is 4. The van der Waals surface area contributed by atoms with Crippen molar-refractivity contribution in [3.8, 4) is 17.0 Å². The van der Waals surface area contributed by atoms with Crippen LogP contribution in [-0.2, 0) is 0 Å². The van der Waals surface area contributed by atoms with Gasteiger partial charge < -0.3 is 10.1 Å². The Balaban J connectivity index is 1.70. The summed E-state index contributed by atoms with van der Waals surface area (Å²) in [6.07, 6.45) is -0.306. The molecule has 0 spiro atoms. The number of thiazole rings is 1. The van der Waals surface area contributed by atoms with Gasteiger partial charge in [-0.2, -0.15) is 5.10 Å². The SMILES string of the molecule is Cc1cnc(C(=O)Nc2cnn3ccc(-c4ccccc4OC(F)(F)F)nc23)s1. The topological polar surface area (TPSA) is 81.4 Å². The first-order chi connectivity index (χ1) is 13.8. The number of hydrogen-bond donors (Lipinski definition) is 1. The number of carbonyl (C=O) groups excluding carboxylic acids is 1. The number of nitrogens with one attached hydrogen (secondary N) is 1. The molecule has 1 N–H and O–H groups in total. The van der Waals surface area contributed by atoms with Crippen LogP contribution in [0.15, 0.2) is 48.9 Å². The summed E-state index contributed by atoms with van der Waals surface area (Å²) in [5.74, 6) is -0.800. The van der Waals surface area contributed by atoms with E-state index >= 15 is 0 Å². The molecule has 0 atom stereocenters. The van der Waals surface area contributed by atoms with Gasteiger partial charge in [0.2, 0.25) is 0 Å². The van der Waals surface area contributed by atoms with Crippen molar-refractivity contribution in [2.45, 2.75) is 13.3 Å². The maximum Gasteiger partial charge on any atom is 0.573 e. The zero-order chi connectivity index (χ0) is 20.6. The van der Waals surface area contributed by atoms with Gasteiger partial charge in [0.25, 0.3) is 5.91 Å². The summed E-state index contributed by atoms with van der Waals surface area (Å²) in [6.45, 7) is 1.83. The average Bonchev–Trinajstić information content (AvgIpc) is 3.27. The van der Waals surface area contributed by atoms with Gasteiger partial charge in [-0.1, -0.05) is 12.1 Å². The smallest absolute Gasteiger partial charge is 0.405 e. The zero-order valence-corrected chi connectivity index (χ0v) is 15.6. The van der Waals surface area contributed by atoms with Crippen molar-refractivity contribution in [2.24, 2.45) is 0 Å². The van der Waals surface area contributed by atoms with Gasteiger partial charge >= 0.3 is 6.36 Å². The van der Waals surface area contributed by atoms with Crippen LogP contribution in [0.5, 0.6) is 5.75 Å². The molecule has 1 amide bonds. The largest absolute Gasteiger partial charge is 0.573 e. The maximum absolute atomic E-state index is 12.7. The second kappa shape index (κ2) is 7.17. The number of amides is 1. The Morgan fingerprint density at radius 1 is 1.21 bits per heavy atom. The molecule has 0 bridgehead atoms. The first kappa shape index (κ1) is 18.9. The van der Waals surface area contributed by atoms with E-state index < -0.39 is 12.3 Å². The van der Waals surface area contributed by atoms with Crippen molar-refractivity contribution in [2.75, 3.05) is 5.32 Å². The molecule has 3 aromatic heterocycles. The lowest BCUT2D eigenvalue weighted by Crippen LogP contribution is -2.17. The highest BCUT2D eigenvalue weighted by molar-refractivity contribution is 7.13. The monoisotopic (exact) mass is 419 g/mol. The summed E-state index contributed by atoms with van der Waals surface area (Å²) in [4.78, 5) is 21.6. The first-order valence-electron chi connectivity index (χ1n) is 8.23. The van der Waals surface area contributed by atoms with Crippen LogP contribution in [0.2, 0.25) is 0 Å². The molecule has 4 aromatic rings. The van der Waals surface area contributed by atoms with Crippen molar-refractivity contribution < 1.29 is 22.7 Å². The van der Waals surface area contributed by atoms with Gasteiger partial charge in [0.15, 0.2) is 10.7 Å². The number of anilines is 1. The second-order valence-corrected chi connectivity index (χ2v) is 7.15. The van der Waals surface area contributed by atoms with Crippen molar-refractivity contribution in [1.82, 2.24) is 19.6 Å². The standard InChI is InChI=1S/C18H12F3N5O2S/c1-10-8-22-17(29-10)16(27)25-13-9-23-26-7-6-12(24-15(13)26)11-4-2-3-5-14(11)28-18(19,20)21/h2-9H,1H3,(H,25,27). The first-order valence-corrected chi connectivity index (χ1v) is 9.05. The lowest BCUT2D eigenvalue weighted by Gasteiger charge is -2.13. The predicted octanol–water partition coefficient (Wildman–Crippen LogP) is 4.31. The number of rotatable bonds is 4. The van der Waals surface area contributed by atoms with Crippen LogP contribution in [0.25, 0.3) is 16.9 Å². The van der Waals surface area contributed by atoms with E-state index in [1.165, 1.54) is 52.5 Å². The summed E-state index contributed by atoms with van der Waals surface area (Å²) >= 11 is 1.24. The third kappa shape index (κ3) is 4.04. The summed E-state index contributed by atoms with van der Waals surface area (Å²) in [5.41, 5.74) is 0.963. The quantitative estimate of drug-likeness (QED) is 0.533. The Hall–Kier alpha value is -3.47. The molecule has 0 saturated heterocycles. The molecular weight excluding hydrogens is 407 g/mol. The van der Waals surface area contributed by atoms with E-state index in [0.717, 1.165) is 4.88 Å². The molecule has 0 aliphatic carbocycles. The van der Waals surface area contributed by atoms with Crippen LogP contribution >= 0.6 is 11.3 Å². The zero-order valence-electron chi connectivity index (χ0n) is 14.8. The molecule has 1 aromatic carbocycles. The number of ether oxygens (including phenoxy) is 1. The van der Waals surface area contributed by atoms with Crippen LogP contribution in [0.3, 0.4) is 0 Å². The van der Waals surface area contributed by atoms with E-state index in [4.69, 9.17) is 0 Å². The Morgan fingerprint density at radius 3 is 2.72 bits per heavy atom. The molecule has 0 aliphatic heterocycles. The molecule has 4 rings (SSSR count). The number of carbonyl (C=O) groups is 1. The highest BCUT2D eigenvalue weighted by Gasteiger charge is 2.32. The Labute approximate surface area is 165 Å². The fourth-order valence-electron chi connectivity index (χ4n) is 2.63. The van der Waals surface area contributed by atoms with Gasteiger partial charge in [0.05, 0.1) is 11.9 Å². The van der Waals surface area contributed by atoms with Gasteiger partial charge in [0, 0.05) is 22.8 Å². The summed E-state index contributed by atoms with van der Waals surface area (Å²) in [5, 5.41) is 7.06. The predicted molar refractivity (Wildman–Crippen MR) is 99.9 cm³/mol. The Morgan fingerprint density at radius 2 is 2.00 bits per heavy atom. The normalized spacial score (nSPS) is 11.6. The minimum absolute atomic E-state index is 0.154. The minimum Gasteiger partial charge on any atom is -0.405 e. The third-order valence-corrected chi connectivity index (χ3v) is 4.73. The summed E-state index contributed by atoms with van der Waals surface area (Å²) in [7, 11) is 0. The molecule has 29 heavy (non-hydrogen) atoms. The lowest BCUT2D eigenvalue weighted by atomic mass is 10.1. The van der Waals surface area contributed by atoms with Gasteiger partial charge in [-0.05, 0) is 25.1 Å². The molecule has 0 fully saturated rings. The van der Waals surface area contributed by atoms with Crippen LogP contribution in [0, 0.1) is 6.92 Å². The van der Waals surface area contributed by atoms with Crippen molar-refractivity contribution in [3.05, 3.63) is 58.8 Å². The summed E-state index contributed by atoms with van der Waals surface area (Å²) < 4.78 is 43.6. The number of aryl methyl sites for hydroxylation is 1. The highest BCUT2D eigenvalue weighted by atomic mass is 32.1. The number of benzene rings is 1. The third-order valence-electron chi connectivity index (χ3n) is 3.82. The van der Waals surface area contributed by atoms with E-state index in [1.807, 2.05) is 6.92 Å². The Kier molecular flexibility index (Phi) is 4.66. The molecule has 0 unspecified atom stereocenters. The molecule has 148 valence electrons. The van der Waals surface area contributed by atoms with Gasteiger partial charge in [-0.3, -0.25) is 4.79 Å². The molecule has 11 heteroatoms. The molecular formula is C18H12F3N5O2S. The number of aromatic nitrogens is 4. The lowest BCUT2D eigenvalue weighted by molar-refractivity contribution is -0.274. The van der Waals surface area contributed by atoms with Crippen molar-refractivity contribution in [3.63, 3.8) is 0 Å². The summed E-state index contributed by atoms with van der Waals surface area (Å²) in [6, 6.07) is 7.19. The van der Waals surface area contributed by atoms with E-state index in [-0.39, 0.29) is 27.7 Å². The van der Waals surface area contributed by atoms with E-state index in [1.54, 1.807) is 12.3 Å². The molecule has 0 aliphatic rings. The van der Waals surface area contributed by atoms with Gasteiger partial charge in [-0.15, -0.1) is 24.5 Å². The number of para-hydroxylation sites is 1. The van der Waals surface area contributed by atoms with E-state index in [2.05, 4.69) is 25.1 Å². The van der Waals surface area contributed by atoms with Crippen LogP contribution in [0.4, 0.5) is 18.9 Å².